The highest BCUT2D eigenvalue weighted by Gasteiger charge is 2.33. The molecule has 2 rings (SSSR count). The summed E-state index contributed by atoms with van der Waals surface area (Å²) in [6.45, 7) is 0.317. The predicted octanol–water partition coefficient (Wildman–Crippen LogP) is 2.06. The molecule has 1 aliphatic rings. The zero-order valence-corrected chi connectivity index (χ0v) is 13.1. The number of amides is 1. The Kier molecular flexibility index (Phi) is 4.88. The van der Waals surface area contributed by atoms with Gasteiger partial charge in [-0.1, -0.05) is 0 Å². The molecule has 0 atom stereocenters. The Morgan fingerprint density at radius 3 is 2.30 bits per heavy atom. The molecule has 5 nitrogen and oxygen atoms in total. The lowest BCUT2D eigenvalue weighted by Crippen LogP contribution is -2.35. The third-order valence-corrected chi connectivity index (χ3v) is 4.06. The predicted molar refractivity (Wildman–Crippen MR) is 78.4 cm³/mol. The average Bonchev–Trinajstić information content (AvgIpc) is 3.28. The molecule has 1 N–H and O–H groups in total. The highest BCUT2D eigenvalue weighted by atomic mass is 79.9. The Hall–Kier alpha value is -1.27. The van der Waals surface area contributed by atoms with Crippen LogP contribution in [-0.4, -0.2) is 49.3 Å². The highest BCUT2D eigenvalue weighted by Crippen LogP contribution is 2.37. The number of aliphatic hydroxyl groups excluding tert-OH is 1. The Bertz CT molecular complexity index is 477. The van der Waals surface area contributed by atoms with E-state index in [0.29, 0.717) is 28.1 Å². The number of hydrogen-bond acceptors (Lipinski definition) is 4. The topological polar surface area (TPSA) is 59.0 Å². The summed E-state index contributed by atoms with van der Waals surface area (Å²) in [7, 11) is 3.08. The smallest absolute Gasteiger partial charge is 0.254 e. The molecule has 6 heteroatoms. The van der Waals surface area contributed by atoms with Crippen LogP contribution >= 0.6 is 15.9 Å². The maximum atomic E-state index is 12.6. The van der Waals surface area contributed by atoms with Crippen LogP contribution in [0.15, 0.2) is 16.6 Å². The molecule has 1 aromatic rings. The largest absolute Gasteiger partial charge is 0.495 e. The van der Waals surface area contributed by atoms with Crippen molar-refractivity contribution >= 4 is 21.8 Å². The Balaban J connectivity index is 2.32. The minimum absolute atomic E-state index is 0.0347. The number of halogens is 1. The summed E-state index contributed by atoms with van der Waals surface area (Å²) in [6.07, 6.45) is 1.99. The van der Waals surface area contributed by atoms with Crippen LogP contribution in [0.2, 0.25) is 0 Å². The van der Waals surface area contributed by atoms with Crippen molar-refractivity contribution in [2.24, 2.45) is 0 Å². The van der Waals surface area contributed by atoms with Crippen molar-refractivity contribution in [3.8, 4) is 11.5 Å². The van der Waals surface area contributed by atoms with Crippen LogP contribution in [-0.2, 0) is 0 Å². The lowest BCUT2D eigenvalue weighted by atomic mass is 10.1. The number of ether oxygens (including phenoxy) is 2. The maximum absolute atomic E-state index is 12.6. The van der Waals surface area contributed by atoms with Gasteiger partial charge in [0.05, 0.1) is 20.8 Å². The van der Waals surface area contributed by atoms with E-state index >= 15 is 0 Å². The van der Waals surface area contributed by atoms with Crippen molar-refractivity contribution in [1.82, 2.24) is 4.90 Å². The van der Waals surface area contributed by atoms with Gasteiger partial charge in [-0.15, -0.1) is 0 Å². The zero-order valence-electron chi connectivity index (χ0n) is 11.6. The SMILES string of the molecule is COc1cc(C(=O)N(CCO)C2CC2)cc(OC)c1Br. The molecule has 0 radical (unpaired) electrons. The molecule has 1 aliphatic carbocycles. The van der Waals surface area contributed by atoms with Crippen LogP contribution in [0.4, 0.5) is 0 Å². The van der Waals surface area contributed by atoms with E-state index in [1.54, 1.807) is 31.3 Å². The highest BCUT2D eigenvalue weighted by molar-refractivity contribution is 9.10. The number of hydrogen-bond donors (Lipinski definition) is 1. The zero-order chi connectivity index (χ0) is 14.7. The summed E-state index contributed by atoms with van der Waals surface area (Å²) in [5.74, 6) is 0.991. The van der Waals surface area contributed by atoms with E-state index in [2.05, 4.69) is 15.9 Å². The molecule has 0 aliphatic heterocycles. The van der Waals surface area contributed by atoms with E-state index in [9.17, 15) is 4.79 Å². The Labute approximate surface area is 126 Å². The summed E-state index contributed by atoms with van der Waals surface area (Å²) >= 11 is 3.38. The van der Waals surface area contributed by atoms with E-state index in [1.807, 2.05) is 0 Å². The van der Waals surface area contributed by atoms with Gasteiger partial charge in [-0.25, -0.2) is 0 Å². The van der Waals surface area contributed by atoms with E-state index in [4.69, 9.17) is 14.6 Å². The Morgan fingerprint density at radius 1 is 1.35 bits per heavy atom. The third kappa shape index (κ3) is 3.07. The second-order valence-electron chi connectivity index (χ2n) is 4.65. The van der Waals surface area contributed by atoms with Crippen molar-refractivity contribution in [3.05, 3.63) is 22.2 Å². The normalized spacial score (nSPS) is 14.0. The number of aliphatic hydroxyl groups is 1. The molecule has 110 valence electrons. The third-order valence-electron chi connectivity index (χ3n) is 3.28. The van der Waals surface area contributed by atoms with Gasteiger partial charge in [0, 0.05) is 18.2 Å². The molecule has 1 saturated carbocycles. The molecule has 1 aromatic carbocycles. The second-order valence-corrected chi connectivity index (χ2v) is 5.44. The van der Waals surface area contributed by atoms with E-state index in [1.165, 1.54) is 0 Å². The molecule has 1 fully saturated rings. The molecule has 0 spiro atoms. The lowest BCUT2D eigenvalue weighted by Gasteiger charge is -2.22. The lowest BCUT2D eigenvalue weighted by molar-refractivity contribution is 0.0707. The molecular formula is C14H18BrNO4. The van der Waals surface area contributed by atoms with Gasteiger partial charge in [0.2, 0.25) is 0 Å². The first-order valence-electron chi connectivity index (χ1n) is 6.45. The first-order valence-corrected chi connectivity index (χ1v) is 7.25. The number of carbonyl (C=O) groups is 1. The van der Waals surface area contributed by atoms with Crippen LogP contribution < -0.4 is 9.47 Å². The van der Waals surface area contributed by atoms with Crippen molar-refractivity contribution in [2.45, 2.75) is 18.9 Å². The van der Waals surface area contributed by atoms with E-state index < -0.39 is 0 Å². The van der Waals surface area contributed by atoms with E-state index in [-0.39, 0.29) is 18.6 Å². The maximum Gasteiger partial charge on any atom is 0.254 e. The van der Waals surface area contributed by atoms with Gasteiger partial charge >= 0.3 is 0 Å². The minimum atomic E-state index is -0.106. The fourth-order valence-corrected chi connectivity index (χ4v) is 2.66. The van der Waals surface area contributed by atoms with Crippen LogP contribution in [0.25, 0.3) is 0 Å². The molecule has 0 aromatic heterocycles. The van der Waals surface area contributed by atoms with Crippen LogP contribution in [0.5, 0.6) is 11.5 Å². The van der Waals surface area contributed by atoms with Gasteiger partial charge < -0.3 is 19.5 Å². The van der Waals surface area contributed by atoms with Crippen molar-refractivity contribution in [2.75, 3.05) is 27.4 Å². The van der Waals surface area contributed by atoms with Crippen molar-refractivity contribution in [1.29, 1.82) is 0 Å². The monoisotopic (exact) mass is 343 g/mol. The fourth-order valence-electron chi connectivity index (χ4n) is 2.10. The summed E-state index contributed by atoms with van der Waals surface area (Å²) < 4.78 is 11.2. The summed E-state index contributed by atoms with van der Waals surface area (Å²) in [5, 5.41) is 9.10. The van der Waals surface area contributed by atoms with Gasteiger partial charge in [-0.3, -0.25) is 4.79 Å². The van der Waals surface area contributed by atoms with Crippen LogP contribution in [0.3, 0.4) is 0 Å². The van der Waals surface area contributed by atoms with Crippen molar-refractivity contribution < 1.29 is 19.4 Å². The van der Waals surface area contributed by atoms with Crippen molar-refractivity contribution in [3.63, 3.8) is 0 Å². The van der Waals surface area contributed by atoms with Gasteiger partial charge in [0.15, 0.2) is 0 Å². The standard InChI is InChI=1S/C14H18BrNO4/c1-19-11-7-9(8-12(20-2)13(11)15)14(18)16(5-6-17)10-3-4-10/h7-8,10,17H,3-6H2,1-2H3. The average molecular weight is 344 g/mol. The first-order chi connectivity index (χ1) is 9.62. The fraction of sp³-hybridized carbons (Fsp3) is 0.500. The van der Waals surface area contributed by atoms with Crippen LogP contribution in [0, 0.1) is 0 Å². The summed E-state index contributed by atoms with van der Waals surface area (Å²) in [5.41, 5.74) is 0.502. The quantitative estimate of drug-likeness (QED) is 0.858. The molecule has 0 unspecified atom stereocenters. The van der Waals surface area contributed by atoms with E-state index in [0.717, 1.165) is 12.8 Å². The second kappa shape index (κ2) is 6.45. The number of benzene rings is 1. The number of rotatable bonds is 6. The molecule has 0 heterocycles. The van der Waals surface area contributed by atoms with Gasteiger partial charge in [0.1, 0.15) is 16.0 Å². The van der Waals surface area contributed by atoms with Gasteiger partial charge in [-0.2, -0.15) is 0 Å². The molecule has 1 amide bonds. The first kappa shape index (κ1) is 15.1. The molecule has 0 saturated heterocycles. The van der Waals surface area contributed by atoms with Gasteiger partial charge in [0.25, 0.3) is 5.91 Å². The van der Waals surface area contributed by atoms with Crippen LogP contribution in [0.1, 0.15) is 23.2 Å². The minimum Gasteiger partial charge on any atom is -0.495 e. The van der Waals surface area contributed by atoms with Gasteiger partial charge in [-0.05, 0) is 40.9 Å². The number of nitrogens with zero attached hydrogens (tertiary/aromatic N) is 1. The number of carbonyl (C=O) groups excluding carboxylic acids is 1. The number of methoxy groups -OCH3 is 2. The molecular weight excluding hydrogens is 326 g/mol. The summed E-state index contributed by atoms with van der Waals surface area (Å²) in [6, 6.07) is 3.61. The molecule has 20 heavy (non-hydrogen) atoms. The molecule has 0 bridgehead atoms. The summed E-state index contributed by atoms with van der Waals surface area (Å²) in [4.78, 5) is 14.3. The Morgan fingerprint density at radius 2 is 1.90 bits per heavy atom.